The van der Waals surface area contributed by atoms with Crippen molar-refractivity contribution in [3.05, 3.63) is 35.4 Å². The third kappa shape index (κ3) is 5.03. The van der Waals surface area contributed by atoms with Crippen molar-refractivity contribution >= 4 is 17.8 Å². The van der Waals surface area contributed by atoms with Crippen LogP contribution in [0.4, 0.5) is 0 Å². The van der Waals surface area contributed by atoms with Gasteiger partial charge in [-0.1, -0.05) is 31.2 Å². The zero-order valence-electron chi connectivity index (χ0n) is 16.9. The van der Waals surface area contributed by atoms with Gasteiger partial charge in [0.2, 0.25) is 11.8 Å². The lowest BCUT2D eigenvalue weighted by molar-refractivity contribution is -0.131. The van der Waals surface area contributed by atoms with Crippen LogP contribution >= 0.6 is 0 Å². The third-order valence-electron chi connectivity index (χ3n) is 5.38. The Morgan fingerprint density at radius 2 is 1.89 bits per heavy atom. The Labute approximate surface area is 167 Å². The molecule has 1 aromatic rings. The fraction of sp³-hybridized carbons (Fsp3) is 0.571. The van der Waals surface area contributed by atoms with Crippen LogP contribution in [0, 0.1) is 0 Å². The predicted octanol–water partition coefficient (Wildman–Crippen LogP) is 1.14. The lowest BCUT2D eigenvalue weighted by Crippen LogP contribution is -2.45. The number of carbonyl (C=O) groups is 2. The van der Waals surface area contributed by atoms with Crippen LogP contribution in [0.3, 0.4) is 0 Å². The summed E-state index contributed by atoms with van der Waals surface area (Å²) in [7, 11) is 0. The number of fused-ring (bicyclic) bond motifs is 1. The van der Waals surface area contributed by atoms with Gasteiger partial charge in [-0.3, -0.25) is 9.59 Å². The molecule has 1 fully saturated rings. The van der Waals surface area contributed by atoms with Gasteiger partial charge >= 0.3 is 0 Å². The summed E-state index contributed by atoms with van der Waals surface area (Å²) in [5, 5.41) is 6.58. The van der Waals surface area contributed by atoms with Crippen LogP contribution < -0.4 is 10.6 Å². The molecule has 1 aromatic carbocycles. The first kappa shape index (κ1) is 20.2. The summed E-state index contributed by atoms with van der Waals surface area (Å²) < 4.78 is 0. The highest BCUT2D eigenvalue weighted by Crippen LogP contribution is 2.18. The van der Waals surface area contributed by atoms with E-state index >= 15 is 0 Å². The van der Waals surface area contributed by atoms with Gasteiger partial charge < -0.3 is 20.4 Å². The molecule has 3 rings (SSSR count). The molecule has 7 heteroatoms. The van der Waals surface area contributed by atoms with E-state index in [1.807, 2.05) is 35.8 Å². The second-order valence-electron chi connectivity index (χ2n) is 7.35. The molecule has 1 unspecified atom stereocenters. The molecule has 2 aliphatic rings. The minimum absolute atomic E-state index is 0.0425. The number of nitrogens with zero attached hydrogens (tertiary/aromatic N) is 3. The van der Waals surface area contributed by atoms with Crippen molar-refractivity contribution in [2.45, 2.75) is 45.7 Å². The maximum absolute atomic E-state index is 12.6. The first-order valence-corrected chi connectivity index (χ1v) is 10.3. The number of hydrogen-bond acceptors (Lipinski definition) is 3. The van der Waals surface area contributed by atoms with E-state index < -0.39 is 0 Å². The summed E-state index contributed by atoms with van der Waals surface area (Å²) in [6, 6.07) is 8.47. The summed E-state index contributed by atoms with van der Waals surface area (Å²) in [5.74, 6) is 0.872. The number of likely N-dealkylation sites (tertiary alicyclic amines) is 1. The molecule has 0 aliphatic carbocycles. The molecule has 2 aliphatic heterocycles. The quantitative estimate of drug-likeness (QED) is 0.589. The first-order valence-electron chi connectivity index (χ1n) is 10.3. The Bertz CT molecular complexity index is 733. The molecule has 0 bridgehead atoms. The Kier molecular flexibility index (Phi) is 6.90. The SMILES string of the molecule is CCNC(=NCC(=O)N1CCc2ccccc2C1)NC1CCN(C(=O)CC)C1. The molecule has 2 amide bonds. The molecule has 1 saturated heterocycles. The van der Waals surface area contributed by atoms with E-state index in [0.29, 0.717) is 25.5 Å². The predicted molar refractivity (Wildman–Crippen MR) is 110 cm³/mol. The summed E-state index contributed by atoms with van der Waals surface area (Å²) >= 11 is 0. The molecule has 0 saturated carbocycles. The third-order valence-corrected chi connectivity index (χ3v) is 5.38. The zero-order chi connectivity index (χ0) is 19.9. The van der Waals surface area contributed by atoms with E-state index in [1.54, 1.807) is 0 Å². The highest BCUT2D eigenvalue weighted by molar-refractivity contribution is 5.85. The molecule has 152 valence electrons. The molecule has 0 aromatic heterocycles. The monoisotopic (exact) mass is 385 g/mol. The molecule has 28 heavy (non-hydrogen) atoms. The van der Waals surface area contributed by atoms with Crippen LogP contribution in [0.2, 0.25) is 0 Å². The van der Waals surface area contributed by atoms with E-state index in [9.17, 15) is 9.59 Å². The Hall–Kier alpha value is -2.57. The van der Waals surface area contributed by atoms with E-state index in [2.05, 4.69) is 27.8 Å². The highest BCUT2D eigenvalue weighted by Gasteiger charge is 2.26. The highest BCUT2D eigenvalue weighted by atomic mass is 16.2. The maximum atomic E-state index is 12.6. The average Bonchev–Trinajstić information content (AvgIpc) is 3.19. The van der Waals surface area contributed by atoms with Crippen LogP contribution in [-0.4, -0.2) is 66.3 Å². The molecular formula is C21H31N5O2. The van der Waals surface area contributed by atoms with Gasteiger partial charge in [-0.25, -0.2) is 4.99 Å². The van der Waals surface area contributed by atoms with Gasteiger partial charge in [-0.15, -0.1) is 0 Å². The van der Waals surface area contributed by atoms with Gasteiger partial charge in [0.15, 0.2) is 5.96 Å². The molecule has 2 heterocycles. The molecule has 0 radical (unpaired) electrons. The summed E-state index contributed by atoms with van der Waals surface area (Å²) in [6.45, 7) is 7.60. The summed E-state index contributed by atoms with van der Waals surface area (Å²) in [4.78, 5) is 32.8. The van der Waals surface area contributed by atoms with Gasteiger partial charge in [0, 0.05) is 45.2 Å². The van der Waals surface area contributed by atoms with Gasteiger partial charge in [-0.05, 0) is 30.9 Å². The van der Waals surface area contributed by atoms with Gasteiger partial charge in [-0.2, -0.15) is 0 Å². The largest absolute Gasteiger partial charge is 0.357 e. The lowest BCUT2D eigenvalue weighted by Gasteiger charge is -2.28. The van der Waals surface area contributed by atoms with Crippen molar-refractivity contribution in [2.24, 2.45) is 4.99 Å². The molecule has 7 nitrogen and oxygen atoms in total. The van der Waals surface area contributed by atoms with Gasteiger partial charge in [0.25, 0.3) is 0 Å². The number of nitrogens with one attached hydrogen (secondary N) is 2. The van der Waals surface area contributed by atoms with Gasteiger partial charge in [0.1, 0.15) is 6.54 Å². The normalized spacial score (nSPS) is 19.4. The smallest absolute Gasteiger partial charge is 0.244 e. The second-order valence-corrected chi connectivity index (χ2v) is 7.35. The molecule has 0 spiro atoms. The topological polar surface area (TPSA) is 77.0 Å². The fourth-order valence-electron chi connectivity index (χ4n) is 3.80. The standard InChI is InChI=1S/C21H31N5O2/c1-3-19(27)26-12-10-18(15-26)24-21(22-4-2)23-13-20(28)25-11-9-16-7-5-6-8-17(16)14-25/h5-8,18H,3-4,9-15H2,1-2H3,(H2,22,23,24). The molecular weight excluding hydrogens is 354 g/mol. The second kappa shape index (κ2) is 9.57. The van der Waals surface area contributed by atoms with E-state index in [-0.39, 0.29) is 24.4 Å². The zero-order valence-corrected chi connectivity index (χ0v) is 16.9. The van der Waals surface area contributed by atoms with Crippen LogP contribution in [0.1, 0.15) is 37.8 Å². The fourth-order valence-corrected chi connectivity index (χ4v) is 3.80. The van der Waals surface area contributed by atoms with Crippen LogP contribution in [0.15, 0.2) is 29.3 Å². The number of aliphatic imine (C=N–C) groups is 1. The Morgan fingerprint density at radius 3 is 2.64 bits per heavy atom. The summed E-state index contributed by atoms with van der Waals surface area (Å²) in [6.07, 6.45) is 2.33. The van der Waals surface area contributed by atoms with Crippen LogP contribution in [-0.2, 0) is 22.6 Å². The minimum atomic E-state index is 0.0425. The number of carbonyl (C=O) groups excluding carboxylic acids is 2. The van der Waals surface area contributed by atoms with Crippen molar-refractivity contribution in [3.8, 4) is 0 Å². The molecule has 2 N–H and O–H groups in total. The van der Waals surface area contributed by atoms with Crippen molar-refractivity contribution in [1.82, 2.24) is 20.4 Å². The number of amides is 2. The number of benzene rings is 1. The van der Waals surface area contributed by atoms with Crippen molar-refractivity contribution in [1.29, 1.82) is 0 Å². The van der Waals surface area contributed by atoms with E-state index in [4.69, 9.17) is 0 Å². The average molecular weight is 386 g/mol. The van der Waals surface area contributed by atoms with Crippen LogP contribution in [0.25, 0.3) is 0 Å². The molecule has 1 atom stereocenters. The maximum Gasteiger partial charge on any atom is 0.244 e. The van der Waals surface area contributed by atoms with Gasteiger partial charge in [0.05, 0.1) is 0 Å². The number of guanidine groups is 1. The lowest BCUT2D eigenvalue weighted by atomic mass is 10.00. The van der Waals surface area contributed by atoms with Crippen molar-refractivity contribution < 1.29 is 9.59 Å². The minimum Gasteiger partial charge on any atom is -0.357 e. The first-order chi connectivity index (χ1) is 13.6. The Morgan fingerprint density at radius 1 is 1.11 bits per heavy atom. The van der Waals surface area contributed by atoms with E-state index in [1.165, 1.54) is 11.1 Å². The summed E-state index contributed by atoms with van der Waals surface area (Å²) in [5.41, 5.74) is 2.56. The Balaban J connectivity index is 1.54. The van der Waals surface area contributed by atoms with Crippen LogP contribution in [0.5, 0.6) is 0 Å². The van der Waals surface area contributed by atoms with Crippen molar-refractivity contribution in [2.75, 3.05) is 32.7 Å². The van der Waals surface area contributed by atoms with E-state index in [0.717, 1.165) is 32.5 Å². The van der Waals surface area contributed by atoms with Crippen molar-refractivity contribution in [3.63, 3.8) is 0 Å². The number of rotatable bonds is 5. The number of hydrogen-bond donors (Lipinski definition) is 2.